The summed E-state index contributed by atoms with van der Waals surface area (Å²) in [5.74, 6) is -0.627. The third-order valence-corrected chi connectivity index (χ3v) is 4.45. The number of carbonyl (C=O) groups is 1. The highest BCUT2D eigenvalue weighted by Gasteiger charge is 2.27. The van der Waals surface area contributed by atoms with E-state index in [0.29, 0.717) is 10.6 Å². The van der Waals surface area contributed by atoms with Crippen LogP contribution in [0.25, 0.3) is 0 Å². The number of carbonyl (C=O) groups excluding carboxylic acids is 1. The highest BCUT2D eigenvalue weighted by molar-refractivity contribution is 7.89. The van der Waals surface area contributed by atoms with E-state index in [9.17, 15) is 13.2 Å². The maximum absolute atomic E-state index is 12.3. The highest BCUT2D eigenvalue weighted by Crippen LogP contribution is 2.20. The van der Waals surface area contributed by atoms with Crippen LogP contribution in [-0.2, 0) is 19.6 Å². The van der Waals surface area contributed by atoms with Gasteiger partial charge in [-0.05, 0) is 58.4 Å². The predicted octanol–water partition coefficient (Wildman–Crippen LogP) is 2.66. The standard InChI is InChI=1S/C14H20ClNO4S/c1-9-8-11(15)6-7-12(9)21(18,19)16-10(2)13(17)20-14(3,4)5/h6-8,10,16H,1-5H3/t10-/m0/s1. The molecule has 1 rings (SSSR count). The molecule has 0 saturated heterocycles. The first-order valence-electron chi connectivity index (χ1n) is 6.44. The van der Waals surface area contributed by atoms with Gasteiger partial charge in [-0.3, -0.25) is 4.79 Å². The van der Waals surface area contributed by atoms with E-state index in [1.165, 1.54) is 19.1 Å². The number of nitrogens with one attached hydrogen (secondary N) is 1. The van der Waals surface area contributed by atoms with Crippen molar-refractivity contribution in [2.45, 2.75) is 51.2 Å². The van der Waals surface area contributed by atoms with Gasteiger partial charge in [0.2, 0.25) is 10.0 Å². The first-order chi connectivity index (χ1) is 9.42. The Kier molecular flexibility index (Phi) is 5.41. The predicted molar refractivity (Wildman–Crippen MR) is 81.8 cm³/mol. The summed E-state index contributed by atoms with van der Waals surface area (Å²) < 4.78 is 32.0. The second-order valence-corrected chi connectivity index (χ2v) is 7.91. The van der Waals surface area contributed by atoms with Crippen LogP contribution in [0.4, 0.5) is 0 Å². The fourth-order valence-electron chi connectivity index (χ4n) is 1.65. The molecule has 0 spiro atoms. The molecule has 1 N–H and O–H groups in total. The molecule has 0 aliphatic carbocycles. The molecule has 7 heteroatoms. The lowest BCUT2D eigenvalue weighted by Crippen LogP contribution is -2.42. The van der Waals surface area contributed by atoms with Gasteiger partial charge in [0.15, 0.2) is 0 Å². The molecule has 0 unspecified atom stereocenters. The SMILES string of the molecule is Cc1cc(Cl)ccc1S(=O)(=O)N[C@@H](C)C(=O)OC(C)(C)C. The van der Waals surface area contributed by atoms with Gasteiger partial charge in [0, 0.05) is 5.02 Å². The maximum Gasteiger partial charge on any atom is 0.324 e. The summed E-state index contributed by atoms with van der Waals surface area (Å²) in [6.07, 6.45) is 0. The summed E-state index contributed by atoms with van der Waals surface area (Å²) in [7, 11) is -3.82. The van der Waals surface area contributed by atoms with Crippen molar-refractivity contribution < 1.29 is 17.9 Å². The number of benzene rings is 1. The van der Waals surface area contributed by atoms with Gasteiger partial charge < -0.3 is 4.74 Å². The fourth-order valence-corrected chi connectivity index (χ4v) is 3.29. The van der Waals surface area contributed by atoms with Crippen LogP contribution in [0.5, 0.6) is 0 Å². The summed E-state index contributed by atoms with van der Waals surface area (Å²) in [4.78, 5) is 11.9. The zero-order valence-corrected chi connectivity index (χ0v) is 14.3. The molecule has 1 atom stereocenters. The van der Waals surface area contributed by atoms with Crippen molar-refractivity contribution in [2.75, 3.05) is 0 Å². The van der Waals surface area contributed by atoms with Crippen LogP contribution in [0.3, 0.4) is 0 Å². The van der Waals surface area contributed by atoms with Gasteiger partial charge in [0.1, 0.15) is 11.6 Å². The fraction of sp³-hybridized carbons (Fsp3) is 0.500. The first kappa shape index (κ1) is 17.9. The van der Waals surface area contributed by atoms with Crippen molar-refractivity contribution in [3.05, 3.63) is 28.8 Å². The Morgan fingerprint density at radius 2 is 1.90 bits per heavy atom. The zero-order valence-electron chi connectivity index (χ0n) is 12.7. The molecular formula is C14H20ClNO4S. The van der Waals surface area contributed by atoms with Crippen LogP contribution < -0.4 is 4.72 Å². The summed E-state index contributed by atoms with van der Waals surface area (Å²) in [5.41, 5.74) is -0.168. The second kappa shape index (κ2) is 6.34. The zero-order chi connectivity index (χ0) is 16.4. The van der Waals surface area contributed by atoms with Crippen LogP contribution in [-0.4, -0.2) is 26.0 Å². The van der Waals surface area contributed by atoms with E-state index in [0.717, 1.165) is 0 Å². The summed E-state index contributed by atoms with van der Waals surface area (Å²) in [6, 6.07) is 3.46. The van der Waals surface area contributed by atoms with Crippen molar-refractivity contribution in [1.29, 1.82) is 0 Å². The lowest BCUT2D eigenvalue weighted by molar-refractivity contribution is -0.156. The van der Waals surface area contributed by atoms with Crippen molar-refractivity contribution in [3.8, 4) is 0 Å². The molecule has 0 aliphatic heterocycles. The van der Waals surface area contributed by atoms with Gasteiger partial charge in [0.05, 0.1) is 4.90 Å². The van der Waals surface area contributed by atoms with Crippen molar-refractivity contribution in [3.63, 3.8) is 0 Å². The average molecular weight is 334 g/mol. The minimum atomic E-state index is -3.82. The molecule has 21 heavy (non-hydrogen) atoms. The normalized spacial score (nSPS) is 13.8. The highest BCUT2D eigenvalue weighted by atomic mass is 35.5. The van der Waals surface area contributed by atoms with Crippen LogP contribution in [0.2, 0.25) is 5.02 Å². The van der Waals surface area contributed by atoms with Gasteiger partial charge in [-0.1, -0.05) is 11.6 Å². The molecular weight excluding hydrogens is 314 g/mol. The quantitative estimate of drug-likeness (QED) is 0.860. The number of rotatable bonds is 4. The van der Waals surface area contributed by atoms with E-state index in [1.54, 1.807) is 33.8 Å². The summed E-state index contributed by atoms with van der Waals surface area (Å²) in [6.45, 7) is 8.23. The third-order valence-electron chi connectivity index (χ3n) is 2.52. The van der Waals surface area contributed by atoms with E-state index in [-0.39, 0.29) is 4.90 Å². The topological polar surface area (TPSA) is 72.5 Å². The Balaban J connectivity index is 2.92. The molecule has 5 nitrogen and oxygen atoms in total. The molecule has 0 aromatic heterocycles. The van der Waals surface area contributed by atoms with E-state index in [2.05, 4.69) is 4.72 Å². The molecule has 0 aliphatic rings. The van der Waals surface area contributed by atoms with E-state index >= 15 is 0 Å². The minimum Gasteiger partial charge on any atom is -0.459 e. The molecule has 0 saturated carbocycles. The molecule has 0 fully saturated rings. The number of sulfonamides is 1. The van der Waals surface area contributed by atoms with Crippen LogP contribution in [0, 0.1) is 6.92 Å². The van der Waals surface area contributed by atoms with Crippen molar-refractivity contribution >= 4 is 27.6 Å². The van der Waals surface area contributed by atoms with Gasteiger partial charge in [0.25, 0.3) is 0 Å². The Bertz CT molecular complexity index is 635. The molecule has 1 aromatic carbocycles. The minimum absolute atomic E-state index is 0.0855. The number of aryl methyl sites for hydroxylation is 1. The van der Waals surface area contributed by atoms with Crippen LogP contribution in [0.1, 0.15) is 33.3 Å². The summed E-state index contributed by atoms with van der Waals surface area (Å²) in [5, 5.41) is 0.451. The van der Waals surface area contributed by atoms with Crippen LogP contribution >= 0.6 is 11.6 Å². The molecule has 0 heterocycles. The molecule has 1 aromatic rings. The molecule has 118 valence electrons. The number of hydrogen-bond donors (Lipinski definition) is 1. The Hall–Kier alpha value is -1.11. The Morgan fingerprint density at radius 3 is 2.38 bits per heavy atom. The first-order valence-corrected chi connectivity index (χ1v) is 8.30. The number of halogens is 1. The van der Waals surface area contributed by atoms with E-state index in [1.807, 2.05) is 0 Å². The Morgan fingerprint density at radius 1 is 1.33 bits per heavy atom. The van der Waals surface area contributed by atoms with E-state index in [4.69, 9.17) is 16.3 Å². The number of hydrogen-bond acceptors (Lipinski definition) is 4. The average Bonchev–Trinajstić information content (AvgIpc) is 2.24. The van der Waals surface area contributed by atoms with E-state index < -0.39 is 27.6 Å². The van der Waals surface area contributed by atoms with Gasteiger partial charge >= 0.3 is 5.97 Å². The van der Waals surface area contributed by atoms with Crippen LogP contribution in [0.15, 0.2) is 23.1 Å². The van der Waals surface area contributed by atoms with Crippen molar-refractivity contribution in [2.24, 2.45) is 0 Å². The molecule has 0 amide bonds. The van der Waals surface area contributed by atoms with Gasteiger partial charge in [-0.2, -0.15) is 4.72 Å². The third kappa shape index (κ3) is 5.30. The second-order valence-electron chi connectivity index (χ2n) is 5.79. The maximum atomic E-state index is 12.3. The lowest BCUT2D eigenvalue weighted by atomic mass is 10.2. The number of ether oxygens (including phenoxy) is 1. The monoisotopic (exact) mass is 333 g/mol. The smallest absolute Gasteiger partial charge is 0.324 e. The Labute approximate surface area is 130 Å². The number of esters is 1. The van der Waals surface area contributed by atoms with Gasteiger partial charge in [-0.25, -0.2) is 8.42 Å². The molecule has 0 bridgehead atoms. The molecule has 0 radical (unpaired) electrons. The van der Waals surface area contributed by atoms with Crippen molar-refractivity contribution in [1.82, 2.24) is 4.72 Å². The summed E-state index contributed by atoms with van der Waals surface area (Å²) >= 11 is 5.81. The van der Waals surface area contributed by atoms with Gasteiger partial charge in [-0.15, -0.1) is 0 Å². The largest absolute Gasteiger partial charge is 0.459 e. The lowest BCUT2D eigenvalue weighted by Gasteiger charge is -2.22.